The van der Waals surface area contributed by atoms with Crippen molar-refractivity contribution in [1.29, 1.82) is 0 Å². The number of aromatic nitrogens is 10. The molecule has 0 saturated heterocycles. The Morgan fingerprint density at radius 1 is 0.188 bits per heavy atom. The molecule has 0 radical (unpaired) electrons. The zero-order valence-corrected chi connectivity index (χ0v) is 75.6. The van der Waals surface area contributed by atoms with Crippen LogP contribution in [-0.2, 0) is 0 Å². The van der Waals surface area contributed by atoms with Crippen molar-refractivity contribution >= 4 is 233 Å². The second kappa shape index (κ2) is 30.8. The fourth-order valence-electron chi connectivity index (χ4n) is 21.9. The molecule has 0 aliphatic rings. The van der Waals surface area contributed by atoms with Crippen molar-refractivity contribution in [3.05, 3.63) is 449 Å². The Hall–Kier alpha value is -17.9. The van der Waals surface area contributed by atoms with E-state index in [4.69, 9.17) is 29.9 Å². The van der Waals surface area contributed by atoms with Gasteiger partial charge in [-0.3, -0.25) is 28.2 Å². The third-order valence-corrected chi connectivity index (χ3v) is 30.7. The number of benzene rings is 19. The Labute approximate surface area is 796 Å². The molecule has 12 heterocycles. The molecule has 0 fully saturated rings. The topological polar surface area (TPSA) is 95.5 Å². The van der Waals surface area contributed by atoms with Crippen LogP contribution in [0.5, 0.6) is 0 Å². The minimum atomic E-state index is 0.939. The minimum absolute atomic E-state index is 0.939. The molecule has 0 aliphatic carbocycles. The third kappa shape index (κ3) is 12.1. The summed E-state index contributed by atoms with van der Waals surface area (Å²) < 4.78 is 14.7. The van der Waals surface area contributed by atoms with Gasteiger partial charge in [0.2, 0.25) is 0 Å². The molecule has 0 saturated carbocycles. The van der Waals surface area contributed by atoms with Gasteiger partial charge in [-0.2, -0.15) is 0 Å². The van der Waals surface area contributed by atoms with E-state index in [9.17, 15) is 0 Å². The zero-order chi connectivity index (χ0) is 90.3. The van der Waals surface area contributed by atoms with Crippen LogP contribution in [0.25, 0.3) is 282 Å². The lowest BCUT2D eigenvalue weighted by atomic mass is 9.96. The number of para-hydroxylation sites is 8. The van der Waals surface area contributed by atoms with Crippen molar-refractivity contribution in [3.63, 3.8) is 0 Å². The van der Waals surface area contributed by atoms with Crippen LogP contribution in [-0.4, -0.2) is 47.7 Å². The lowest BCUT2D eigenvalue weighted by molar-refractivity contribution is 1.18. The largest absolute Gasteiger partial charge is 0.309 e. The van der Waals surface area contributed by atoms with Crippen LogP contribution < -0.4 is 0 Å². The van der Waals surface area contributed by atoms with Gasteiger partial charge in [0.25, 0.3) is 0 Å². The number of thiophene rings is 2. The standard InChI is InChI=1S/C46H28N4.2C40H23N3S/c1-2-10-34(11-3-1)49-40-14-6-4-12-35(40)38-27-32(22-25-41(38)49)29-16-18-30(19-17-29)33-21-23-36-37-24-20-31-9-8-26-47-45(31)44(37)46-48-39-13-5-7-15-42(39)50(46)43(36)28-33;1-4-16-36-30(11-1)32-13-6-12-28(39(32)44-36)27-9-5-8-25(22-27)26-18-19-29-31-20-17-24-10-7-21-41-38(24)37(31)40-42-33-14-2-3-15-34(33)43(40)35(29)23-26;1-4-10-36-30(7-1)32-22-27(17-20-37(32)44-36)24-11-13-25(14-12-24)28-16-18-29-31-19-15-26-6-5-21-41-39(26)38(31)40-42-33-8-2-3-9-34(33)43(40)35(29)23-28/h1-28H;2*1-23H. The summed E-state index contributed by atoms with van der Waals surface area (Å²) in [5.41, 5.74) is 33.5. The molecular weight excluding hydrogens is 1720 g/mol. The van der Waals surface area contributed by atoms with Gasteiger partial charge >= 0.3 is 0 Å². The van der Waals surface area contributed by atoms with Crippen molar-refractivity contribution in [1.82, 2.24) is 47.7 Å². The van der Waals surface area contributed by atoms with Crippen LogP contribution in [0, 0.1) is 0 Å². The first-order chi connectivity index (χ1) is 68.4. The van der Waals surface area contributed by atoms with Gasteiger partial charge in [-0.25, -0.2) is 15.0 Å². The molecule has 0 bridgehead atoms. The number of pyridine rings is 6. The number of rotatable bonds is 7. The number of fused-ring (bicyclic) bond motifs is 39. The maximum Gasteiger partial charge on any atom is 0.148 e. The predicted molar refractivity (Wildman–Crippen MR) is 582 cm³/mol. The molecule has 12 heteroatoms. The SMILES string of the molecule is c1cc(-c2ccc3c4ccc5cccnc5c4c4nc5ccccc5n4c3c2)cc(-c2cccc3c2sc2ccccc23)c1.c1ccc(-n2c3ccccc3c3cc(-c4ccc(-c5ccc6c7ccc8cccnc8c7c7nc8ccccc8n7c6c5)cc4)ccc32)cc1.c1cnc2c(c1)ccc1c3ccc(-c4ccc(-c5ccc6sc7ccccc7c6c5)cc4)cc3n3c4ccccc4nc3c12. The van der Waals surface area contributed by atoms with Crippen LogP contribution in [0.4, 0.5) is 0 Å². The van der Waals surface area contributed by atoms with Gasteiger partial charge in [0.15, 0.2) is 0 Å². The van der Waals surface area contributed by atoms with E-state index in [0.717, 1.165) is 115 Å². The summed E-state index contributed by atoms with van der Waals surface area (Å²) in [7, 11) is 0. The van der Waals surface area contributed by atoms with E-state index < -0.39 is 0 Å². The molecular formula is C126H74N10S2. The monoisotopic (exact) mass is 1790 g/mol. The summed E-state index contributed by atoms with van der Waals surface area (Å²) in [5.74, 6) is 0. The highest BCUT2D eigenvalue weighted by molar-refractivity contribution is 7.26. The van der Waals surface area contributed by atoms with Crippen molar-refractivity contribution < 1.29 is 0 Å². The predicted octanol–water partition coefficient (Wildman–Crippen LogP) is 33.9. The van der Waals surface area contributed by atoms with Gasteiger partial charge in [0, 0.05) is 108 Å². The number of nitrogens with zero attached hydrogens (tertiary/aromatic N) is 10. The second-order valence-electron chi connectivity index (χ2n) is 35.9. The van der Waals surface area contributed by atoms with Crippen molar-refractivity contribution in [2.75, 3.05) is 0 Å². The molecule has 0 N–H and O–H groups in total. The van der Waals surface area contributed by atoms with Gasteiger partial charge in [-0.1, -0.05) is 297 Å². The molecule has 31 rings (SSSR count). The molecule has 19 aromatic carbocycles. The Morgan fingerprint density at radius 2 is 0.536 bits per heavy atom. The zero-order valence-electron chi connectivity index (χ0n) is 74.0. The Morgan fingerprint density at radius 3 is 1.04 bits per heavy atom. The van der Waals surface area contributed by atoms with Crippen molar-refractivity contribution in [2.45, 2.75) is 0 Å². The third-order valence-electron chi connectivity index (χ3n) is 28.3. The second-order valence-corrected chi connectivity index (χ2v) is 38.0. The molecule has 10 nitrogen and oxygen atoms in total. The van der Waals surface area contributed by atoms with Crippen LogP contribution in [0.2, 0.25) is 0 Å². The van der Waals surface area contributed by atoms with E-state index in [1.807, 2.05) is 59.5 Å². The lowest BCUT2D eigenvalue weighted by Gasteiger charge is -2.13. The Bertz CT molecular complexity index is 10600. The molecule has 0 aliphatic heterocycles. The van der Waals surface area contributed by atoms with Crippen molar-refractivity contribution in [3.8, 4) is 72.4 Å². The lowest BCUT2D eigenvalue weighted by Crippen LogP contribution is -1.94. The smallest absolute Gasteiger partial charge is 0.148 e. The fourth-order valence-corrected chi connectivity index (χ4v) is 24.3. The Kier molecular flexibility index (Phi) is 17.3. The Balaban J connectivity index is 0.000000100. The first-order valence-corrected chi connectivity index (χ1v) is 48.3. The average Bonchev–Trinajstić information content (AvgIpc) is 1.56. The van der Waals surface area contributed by atoms with E-state index in [1.54, 1.807) is 0 Å². The highest BCUT2D eigenvalue weighted by atomic mass is 32.1. The van der Waals surface area contributed by atoms with Gasteiger partial charge in [-0.05, 0) is 216 Å². The highest BCUT2D eigenvalue weighted by Gasteiger charge is 2.24. The normalized spacial score (nSPS) is 12.1. The first kappa shape index (κ1) is 77.6. The summed E-state index contributed by atoms with van der Waals surface area (Å²) >= 11 is 3.74. The molecule has 12 aromatic heterocycles. The molecule has 640 valence electrons. The van der Waals surface area contributed by atoms with Crippen LogP contribution in [0.1, 0.15) is 0 Å². The number of imidazole rings is 3. The maximum absolute atomic E-state index is 5.17. The van der Waals surface area contributed by atoms with E-state index in [2.05, 4.69) is 430 Å². The van der Waals surface area contributed by atoms with Gasteiger partial charge in [0.1, 0.15) is 16.9 Å². The van der Waals surface area contributed by atoms with Crippen molar-refractivity contribution in [2.24, 2.45) is 0 Å². The summed E-state index contributed by atoms with van der Waals surface area (Å²) in [4.78, 5) is 30.0. The molecule has 31 aromatic rings. The van der Waals surface area contributed by atoms with Crippen LogP contribution in [0.3, 0.4) is 0 Å². The fraction of sp³-hybridized carbons (Fsp3) is 0. The number of hydrogen-bond donors (Lipinski definition) is 0. The molecule has 0 amide bonds. The summed E-state index contributed by atoms with van der Waals surface area (Å²) in [6.07, 6.45) is 5.62. The number of hydrogen-bond acceptors (Lipinski definition) is 8. The minimum Gasteiger partial charge on any atom is -0.309 e. The summed E-state index contributed by atoms with van der Waals surface area (Å²) in [6, 6.07) is 155. The summed E-state index contributed by atoms with van der Waals surface area (Å²) in [6.45, 7) is 0. The van der Waals surface area contributed by atoms with E-state index >= 15 is 0 Å². The molecule has 138 heavy (non-hydrogen) atoms. The van der Waals surface area contributed by atoms with E-state index in [1.165, 1.54) is 167 Å². The van der Waals surface area contributed by atoms with E-state index in [-0.39, 0.29) is 0 Å². The van der Waals surface area contributed by atoms with Gasteiger partial charge < -0.3 is 4.57 Å². The molecule has 0 unspecified atom stereocenters. The molecule has 0 atom stereocenters. The first-order valence-electron chi connectivity index (χ1n) is 46.7. The van der Waals surface area contributed by atoms with E-state index in [0.29, 0.717) is 0 Å². The summed E-state index contributed by atoms with van der Waals surface area (Å²) in [5, 5.41) is 21.5. The quantitative estimate of drug-likeness (QED) is 0.148. The van der Waals surface area contributed by atoms with Gasteiger partial charge in [-0.15, -0.1) is 22.7 Å². The van der Waals surface area contributed by atoms with Gasteiger partial charge in [0.05, 0.1) is 93.4 Å². The van der Waals surface area contributed by atoms with Crippen LogP contribution >= 0.6 is 22.7 Å². The average molecular weight is 1790 g/mol. The highest BCUT2D eigenvalue weighted by Crippen LogP contribution is 2.47. The maximum atomic E-state index is 5.17. The molecule has 0 spiro atoms. The van der Waals surface area contributed by atoms with Crippen LogP contribution in [0.15, 0.2) is 449 Å².